The van der Waals surface area contributed by atoms with Crippen LogP contribution in [0.1, 0.15) is 0 Å². The van der Waals surface area contributed by atoms with E-state index in [1.165, 1.54) is 12.1 Å². The zero-order valence-electron chi connectivity index (χ0n) is 9.60. The molecule has 100 valence electrons. The quantitative estimate of drug-likeness (QED) is 0.856. The number of halogens is 2. The van der Waals surface area contributed by atoms with E-state index in [4.69, 9.17) is 17.3 Å². The largest absolute Gasteiger partial charge is 0.399 e. The second-order valence-electron chi connectivity index (χ2n) is 3.81. The fourth-order valence-corrected chi connectivity index (χ4v) is 2.87. The summed E-state index contributed by atoms with van der Waals surface area (Å²) >= 11 is 5.85. The van der Waals surface area contributed by atoms with Crippen molar-refractivity contribution in [3.8, 4) is 0 Å². The molecule has 0 radical (unpaired) electrons. The Hall–Kier alpha value is -1.79. The average molecular weight is 301 g/mol. The van der Waals surface area contributed by atoms with Gasteiger partial charge >= 0.3 is 0 Å². The molecule has 0 atom stereocenters. The van der Waals surface area contributed by atoms with E-state index in [2.05, 4.69) is 4.72 Å². The van der Waals surface area contributed by atoms with Gasteiger partial charge in [-0.25, -0.2) is 12.8 Å². The Morgan fingerprint density at radius 3 is 2.47 bits per heavy atom. The standard InChI is InChI=1S/C12H10ClFN2O2S/c13-11-3-1-2-4-12(11)16-19(17,18)10-6-8(14)5-9(15)7-10/h1-7,16H,15H2. The highest BCUT2D eigenvalue weighted by atomic mass is 35.5. The molecule has 0 saturated heterocycles. The number of nitrogens with two attached hydrogens (primary N) is 1. The van der Waals surface area contributed by atoms with Crippen LogP contribution in [0.15, 0.2) is 47.4 Å². The molecule has 2 rings (SSSR count). The summed E-state index contributed by atoms with van der Waals surface area (Å²) in [4.78, 5) is -0.259. The van der Waals surface area contributed by atoms with E-state index in [1.54, 1.807) is 18.2 Å². The van der Waals surface area contributed by atoms with Gasteiger partial charge in [0, 0.05) is 5.69 Å². The molecule has 0 saturated carbocycles. The molecule has 0 heterocycles. The van der Waals surface area contributed by atoms with Gasteiger partial charge in [0.05, 0.1) is 15.6 Å². The average Bonchev–Trinajstić information content (AvgIpc) is 2.31. The Bertz CT molecular complexity index is 699. The van der Waals surface area contributed by atoms with Crippen molar-refractivity contribution in [2.45, 2.75) is 4.90 Å². The number of rotatable bonds is 3. The summed E-state index contributed by atoms with van der Waals surface area (Å²) < 4.78 is 39.6. The van der Waals surface area contributed by atoms with E-state index >= 15 is 0 Å². The monoisotopic (exact) mass is 300 g/mol. The predicted octanol–water partition coefficient (Wildman–Crippen LogP) is 2.86. The third-order valence-corrected chi connectivity index (χ3v) is 4.00. The molecule has 0 fully saturated rings. The van der Waals surface area contributed by atoms with Crippen LogP contribution in [0.3, 0.4) is 0 Å². The molecular weight excluding hydrogens is 291 g/mol. The molecule has 0 aliphatic heterocycles. The summed E-state index contributed by atoms with van der Waals surface area (Å²) in [5, 5.41) is 0.246. The first-order valence-corrected chi connectivity index (χ1v) is 7.08. The minimum absolute atomic E-state index is 0.0273. The van der Waals surface area contributed by atoms with Gasteiger partial charge in [-0.3, -0.25) is 4.72 Å². The smallest absolute Gasteiger partial charge is 0.262 e. The van der Waals surface area contributed by atoms with Crippen molar-refractivity contribution in [1.29, 1.82) is 0 Å². The van der Waals surface area contributed by atoms with Crippen molar-refractivity contribution in [2.75, 3.05) is 10.5 Å². The highest BCUT2D eigenvalue weighted by Gasteiger charge is 2.17. The number of hydrogen-bond acceptors (Lipinski definition) is 3. The second-order valence-corrected chi connectivity index (χ2v) is 5.90. The molecule has 2 aromatic carbocycles. The number of anilines is 2. The number of nitrogens with one attached hydrogen (secondary N) is 1. The first kappa shape index (κ1) is 13.6. The van der Waals surface area contributed by atoms with Crippen LogP contribution in [0.2, 0.25) is 5.02 Å². The van der Waals surface area contributed by atoms with Gasteiger partial charge < -0.3 is 5.73 Å². The number of sulfonamides is 1. The maximum absolute atomic E-state index is 13.2. The Labute approximate surface area is 115 Å². The van der Waals surface area contributed by atoms with E-state index in [9.17, 15) is 12.8 Å². The third kappa shape index (κ3) is 3.15. The van der Waals surface area contributed by atoms with Gasteiger partial charge in [0.2, 0.25) is 0 Å². The maximum atomic E-state index is 13.2. The normalized spacial score (nSPS) is 11.3. The van der Waals surface area contributed by atoms with Crippen LogP contribution in [0.25, 0.3) is 0 Å². The Morgan fingerprint density at radius 2 is 1.84 bits per heavy atom. The van der Waals surface area contributed by atoms with Crippen LogP contribution < -0.4 is 10.5 Å². The van der Waals surface area contributed by atoms with E-state index in [0.717, 1.165) is 12.1 Å². The van der Waals surface area contributed by atoms with Gasteiger partial charge in [-0.05, 0) is 30.3 Å². The minimum atomic E-state index is -3.94. The van der Waals surface area contributed by atoms with Crippen molar-refractivity contribution < 1.29 is 12.8 Å². The third-order valence-electron chi connectivity index (χ3n) is 2.32. The first-order valence-electron chi connectivity index (χ1n) is 5.22. The fourth-order valence-electron chi connectivity index (χ4n) is 1.49. The highest BCUT2D eigenvalue weighted by Crippen LogP contribution is 2.25. The molecule has 0 aliphatic rings. The lowest BCUT2D eigenvalue weighted by atomic mass is 10.3. The van der Waals surface area contributed by atoms with Gasteiger partial charge in [0.15, 0.2) is 0 Å². The molecule has 2 aromatic rings. The summed E-state index contributed by atoms with van der Waals surface area (Å²) in [6, 6.07) is 9.43. The summed E-state index contributed by atoms with van der Waals surface area (Å²) in [5.74, 6) is -0.723. The molecule has 0 unspecified atom stereocenters. The van der Waals surface area contributed by atoms with E-state index in [-0.39, 0.29) is 21.3 Å². The summed E-state index contributed by atoms with van der Waals surface area (Å²) in [5.41, 5.74) is 5.66. The minimum Gasteiger partial charge on any atom is -0.399 e. The first-order chi connectivity index (χ1) is 8.88. The molecule has 0 aromatic heterocycles. The highest BCUT2D eigenvalue weighted by molar-refractivity contribution is 7.92. The second kappa shape index (κ2) is 5.07. The fraction of sp³-hybridized carbons (Fsp3) is 0. The van der Waals surface area contributed by atoms with E-state index in [0.29, 0.717) is 0 Å². The van der Waals surface area contributed by atoms with Gasteiger partial charge in [0.25, 0.3) is 10.0 Å². The van der Waals surface area contributed by atoms with Crippen molar-refractivity contribution in [2.24, 2.45) is 0 Å². The van der Waals surface area contributed by atoms with Crippen molar-refractivity contribution in [1.82, 2.24) is 0 Å². The molecule has 0 amide bonds. The lowest BCUT2D eigenvalue weighted by Crippen LogP contribution is -2.13. The zero-order chi connectivity index (χ0) is 14.0. The predicted molar refractivity (Wildman–Crippen MR) is 73.1 cm³/mol. The zero-order valence-corrected chi connectivity index (χ0v) is 11.2. The lowest BCUT2D eigenvalue weighted by molar-refractivity contribution is 0.595. The van der Waals surface area contributed by atoms with Gasteiger partial charge in [-0.15, -0.1) is 0 Å². The Morgan fingerprint density at radius 1 is 1.16 bits per heavy atom. The Balaban J connectivity index is 2.41. The summed E-state index contributed by atoms with van der Waals surface area (Å²) in [7, 11) is -3.94. The number of benzene rings is 2. The molecule has 3 N–H and O–H groups in total. The molecule has 0 aliphatic carbocycles. The molecular formula is C12H10ClFN2O2S. The Kier molecular flexibility index (Phi) is 3.64. The molecule has 0 bridgehead atoms. The van der Waals surface area contributed by atoms with E-state index in [1.807, 2.05) is 0 Å². The van der Waals surface area contributed by atoms with Crippen LogP contribution in [0.5, 0.6) is 0 Å². The topological polar surface area (TPSA) is 72.2 Å². The number of nitrogen functional groups attached to an aromatic ring is 1. The summed E-state index contributed by atoms with van der Waals surface area (Å²) in [6.07, 6.45) is 0. The summed E-state index contributed by atoms with van der Waals surface area (Å²) in [6.45, 7) is 0. The van der Waals surface area contributed by atoms with Crippen molar-refractivity contribution in [3.63, 3.8) is 0 Å². The molecule has 4 nitrogen and oxygen atoms in total. The van der Waals surface area contributed by atoms with Crippen LogP contribution in [0.4, 0.5) is 15.8 Å². The SMILES string of the molecule is Nc1cc(F)cc(S(=O)(=O)Nc2ccccc2Cl)c1. The maximum Gasteiger partial charge on any atom is 0.262 e. The number of hydrogen-bond donors (Lipinski definition) is 2. The van der Waals surface area contributed by atoms with Gasteiger partial charge in [-0.2, -0.15) is 0 Å². The van der Waals surface area contributed by atoms with Crippen LogP contribution in [0, 0.1) is 5.82 Å². The van der Waals surface area contributed by atoms with E-state index < -0.39 is 15.8 Å². The number of para-hydroxylation sites is 1. The lowest BCUT2D eigenvalue weighted by Gasteiger charge is -2.10. The van der Waals surface area contributed by atoms with Crippen LogP contribution in [-0.2, 0) is 10.0 Å². The van der Waals surface area contributed by atoms with Crippen LogP contribution in [-0.4, -0.2) is 8.42 Å². The van der Waals surface area contributed by atoms with Gasteiger partial charge in [0.1, 0.15) is 5.82 Å². The molecule has 19 heavy (non-hydrogen) atoms. The molecule has 7 heteroatoms. The van der Waals surface area contributed by atoms with Crippen molar-refractivity contribution in [3.05, 3.63) is 53.3 Å². The van der Waals surface area contributed by atoms with Crippen molar-refractivity contribution >= 4 is 33.0 Å². The molecule has 0 spiro atoms. The van der Waals surface area contributed by atoms with Gasteiger partial charge in [-0.1, -0.05) is 23.7 Å². The van der Waals surface area contributed by atoms with Crippen LogP contribution >= 0.6 is 11.6 Å².